The van der Waals surface area contributed by atoms with Crippen molar-refractivity contribution in [3.8, 4) is 11.8 Å². The van der Waals surface area contributed by atoms with Crippen molar-refractivity contribution in [2.75, 3.05) is 11.9 Å². The van der Waals surface area contributed by atoms with Crippen molar-refractivity contribution >= 4 is 11.6 Å². The Bertz CT molecular complexity index is 629. The number of hydrogen-bond donors (Lipinski definition) is 2. The van der Waals surface area contributed by atoms with E-state index in [4.69, 9.17) is 5.73 Å². The van der Waals surface area contributed by atoms with Crippen molar-refractivity contribution in [3.05, 3.63) is 54.1 Å². The highest BCUT2D eigenvalue weighted by Crippen LogP contribution is 2.11. The summed E-state index contributed by atoms with van der Waals surface area (Å²) < 4.78 is 0. The summed E-state index contributed by atoms with van der Waals surface area (Å²) in [5.74, 6) is 5.41. The molecule has 0 aliphatic carbocycles. The van der Waals surface area contributed by atoms with Crippen LogP contribution in [-0.2, 0) is 0 Å². The summed E-state index contributed by atoms with van der Waals surface area (Å²) >= 11 is 0. The SMILES string of the molecule is NCC#Cc1cccc(NC(=O)c2cncnc2)c1. The van der Waals surface area contributed by atoms with Crippen LogP contribution < -0.4 is 11.1 Å². The molecule has 0 atom stereocenters. The molecule has 19 heavy (non-hydrogen) atoms. The summed E-state index contributed by atoms with van der Waals surface area (Å²) in [6, 6.07) is 7.24. The molecule has 0 fully saturated rings. The van der Waals surface area contributed by atoms with Gasteiger partial charge in [-0.25, -0.2) is 9.97 Å². The summed E-state index contributed by atoms with van der Waals surface area (Å²) in [7, 11) is 0. The van der Waals surface area contributed by atoms with Gasteiger partial charge in [-0.3, -0.25) is 4.79 Å². The predicted octanol–water partition coefficient (Wildman–Crippen LogP) is 1.04. The summed E-state index contributed by atoms with van der Waals surface area (Å²) in [6.45, 7) is 0.304. The van der Waals surface area contributed by atoms with Gasteiger partial charge >= 0.3 is 0 Å². The number of nitrogens with zero attached hydrogens (tertiary/aromatic N) is 2. The third kappa shape index (κ3) is 3.63. The van der Waals surface area contributed by atoms with E-state index in [1.54, 1.807) is 12.1 Å². The third-order valence-corrected chi connectivity index (χ3v) is 2.28. The van der Waals surface area contributed by atoms with E-state index >= 15 is 0 Å². The number of nitrogens with one attached hydrogen (secondary N) is 1. The number of amides is 1. The Morgan fingerprint density at radius 3 is 2.84 bits per heavy atom. The maximum absolute atomic E-state index is 11.9. The number of benzene rings is 1. The van der Waals surface area contributed by atoms with Gasteiger partial charge < -0.3 is 11.1 Å². The highest BCUT2D eigenvalue weighted by Gasteiger charge is 2.06. The van der Waals surface area contributed by atoms with Crippen molar-refractivity contribution in [2.45, 2.75) is 0 Å². The number of carbonyl (C=O) groups is 1. The van der Waals surface area contributed by atoms with E-state index in [0.717, 1.165) is 5.56 Å². The zero-order valence-corrected chi connectivity index (χ0v) is 10.1. The summed E-state index contributed by atoms with van der Waals surface area (Å²) in [5, 5.41) is 2.76. The van der Waals surface area contributed by atoms with Gasteiger partial charge in [-0.15, -0.1) is 0 Å². The highest BCUT2D eigenvalue weighted by molar-refractivity contribution is 6.03. The lowest BCUT2D eigenvalue weighted by molar-refractivity contribution is 0.102. The van der Waals surface area contributed by atoms with E-state index in [0.29, 0.717) is 17.8 Å². The number of aromatic nitrogens is 2. The second kappa shape index (κ2) is 6.28. The molecular weight excluding hydrogens is 240 g/mol. The van der Waals surface area contributed by atoms with Gasteiger partial charge in [0.25, 0.3) is 5.91 Å². The van der Waals surface area contributed by atoms with E-state index in [-0.39, 0.29) is 5.91 Å². The molecule has 0 saturated heterocycles. The lowest BCUT2D eigenvalue weighted by Gasteiger charge is -2.04. The molecule has 1 amide bonds. The maximum atomic E-state index is 11.9. The number of anilines is 1. The summed E-state index contributed by atoms with van der Waals surface area (Å²) in [4.78, 5) is 19.5. The monoisotopic (exact) mass is 252 g/mol. The fraction of sp³-hybridized carbons (Fsp3) is 0.0714. The number of rotatable bonds is 2. The van der Waals surface area contributed by atoms with Gasteiger partial charge in [0.15, 0.2) is 0 Å². The Morgan fingerprint density at radius 1 is 1.32 bits per heavy atom. The zero-order chi connectivity index (χ0) is 13.5. The van der Waals surface area contributed by atoms with E-state index < -0.39 is 0 Å². The molecule has 94 valence electrons. The Morgan fingerprint density at radius 2 is 2.11 bits per heavy atom. The molecule has 0 saturated carbocycles. The molecule has 5 heteroatoms. The van der Waals surface area contributed by atoms with Crippen LogP contribution in [0.4, 0.5) is 5.69 Å². The Labute approximate surface area is 110 Å². The summed E-state index contributed by atoms with van der Waals surface area (Å²) in [6.07, 6.45) is 4.29. The molecule has 5 nitrogen and oxygen atoms in total. The molecule has 2 rings (SSSR count). The van der Waals surface area contributed by atoms with Gasteiger partial charge in [-0.1, -0.05) is 17.9 Å². The van der Waals surface area contributed by atoms with Gasteiger partial charge in [0.1, 0.15) is 6.33 Å². The number of hydrogen-bond acceptors (Lipinski definition) is 4. The van der Waals surface area contributed by atoms with Crippen LogP contribution in [0.5, 0.6) is 0 Å². The molecule has 0 unspecified atom stereocenters. The lowest BCUT2D eigenvalue weighted by atomic mass is 10.2. The van der Waals surface area contributed by atoms with E-state index in [1.165, 1.54) is 18.7 Å². The molecule has 0 aliphatic rings. The second-order valence-electron chi connectivity index (χ2n) is 3.67. The van der Waals surface area contributed by atoms with E-state index in [9.17, 15) is 4.79 Å². The minimum atomic E-state index is -0.260. The minimum absolute atomic E-state index is 0.260. The van der Waals surface area contributed by atoms with E-state index in [2.05, 4.69) is 27.1 Å². The lowest BCUT2D eigenvalue weighted by Crippen LogP contribution is -2.12. The molecule has 1 aromatic carbocycles. The van der Waals surface area contributed by atoms with Crippen LogP contribution in [0.2, 0.25) is 0 Å². The van der Waals surface area contributed by atoms with Crippen LogP contribution in [0, 0.1) is 11.8 Å². The van der Waals surface area contributed by atoms with Crippen LogP contribution in [0.3, 0.4) is 0 Å². The van der Waals surface area contributed by atoms with Gasteiger partial charge in [-0.2, -0.15) is 0 Å². The first-order valence-electron chi connectivity index (χ1n) is 5.65. The average molecular weight is 252 g/mol. The van der Waals surface area contributed by atoms with Gasteiger partial charge in [0.05, 0.1) is 12.1 Å². The first-order valence-corrected chi connectivity index (χ1v) is 5.65. The average Bonchev–Trinajstić information content (AvgIpc) is 2.46. The molecular formula is C14H12N4O. The Balaban J connectivity index is 2.13. The van der Waals surface area contributed by atoms with Gasteiger partial charge in [0, 0.05) is 23.6 Å². The van der Waals surface area contributed by atoms with Crippen molar-refractivity contribution in [2.24, 2.45) is 5.73 Å². The molecule has 2 aromatic rings. The first kappa shape index (κ1) is 12.7. The zero-order valence-electron chi connectivity index (χ0n) is 10.1. The standard InChI is InChI=1S/C14H12N4O/c15-6-2-4-11-3-1-5-13(7-11)18-14(19)12-8-16-10-17-9-12/h1,3,5,7-10H,6,15H2,(H,18,19). The van der Waals surface area contributed by atoms with Gasteiger partial charge in [0.2, 0.25) is 0 Å². The first-order chi connectivity index (χ1) is 9.29. The number of carbonyl (C=O) groups excluding carboxylic acids is 1. The van der Waals surface area contributed by atoms with Crippen molar-refractivity contribution < 1.29 is 4.79 Å². The maximum Gasteiger partial charge on any atom is 0.258 e. The third-order valence-electron chi connectivity index (χ3n) is 2.28. The molecule has 0 aliphatic heterocycles. The quantitative estimate of drug-likeness (QED) is 0.782. The van der Waals surface area contributed by atoms with Crippen LogP contribution in [0.25, 0.3) is 0 Å². The predicted molar refractivity (Wildman–Crippen MR) is 72.4 cm³/mol. The van der Waals surface area contributed by atoms with Crippen LogP contribution in [-0.4, -0.2) is 22.4 Å². The molecule has 0 bridgehead atoms. The Kier molecular flexibility index (Phi) is 4.21. The molecule has 3 N–H and O–H groups in total. The molecule has 1 aromatic heterocycles. The topological polar surface area (TPSA) is 80.9 Å². The largest absolute Gasteiger partial charge is 0.322 e. The summed E-state index contributed by atoms with van der Waals surface area (Å²) in [5.41, 5.74) is 7.18. The highest BCUT2D eigenvalue weighted by atomic mass is 16.1. The van der Waals surface area contributed by atoms with Crippen LogP contribution in [0.15, 0.2) is 43.0 Å². The van der Waals surface area contributed by atoms with Crippen molar-refractivity contribution in [1.82, 2.24) is 9.97 Å². The van der Waals surface area contributed by atoms with Crippen molar-refractivity contribution in [3.63, 3.8) is 0 Å². The fourth-order valence-corrected chi connectivity index (χ4v) is 1.45. The molecule has 0 spiro atoms. The normalized spacial score (nSPS) is 9.32. The fourth-order valence-electron chi connectivity index (χ4n) is 1.45. The smallest absolute Gasteiger partial charge is 0.258 e. The minimum Gasteiger partial charge on any atom is -0.322 e. The van der Waals surface area contributed by atoms with Crippen molar-refractivity contribution in [1.29, 1.82) is 0 Å². The molecule has 0 radical (unpaired) electrons. The second-order valence-corrected chi connectivity index (χ2v) is 3.67. The Hall–Kier alpha value is -2.71. The molecule has 1 heterocycles. The number of nitrogens with two attached hydrogens (primary N) is 1. The van der Waals surface area contributed by atoms with E-state index in [1.807, 2.05) is 12.1 Å². The van der Waals surface area contributed by atoms with Crippen LogP contribution in [0.1, 0.15) is 15.9 Å². The van der Waals surface area contributed by atoms with Gasteiger partial charge in [-0.05, 0) is 18.2 Å². The van der Waals surface area contributed by atoms with Crippen LogP contribution >= 0.6 is 0 Å².